The number of hydrogen-bond donors (Lipinski definition) is 2. The number of pyridine rings is 1. The number of aryl methyl sites for hydroxylation is 1. The maximum Gasteiger partial charge on any atom is 0.417 e. The minimum absolute atomic E-state index is 0.261. The molecule has 0 saturated carbocycles. The summed E-state index contributed by atoms with van der Waals surface area (Å²) < 4.78 is 65.1. The standard InChI is InChI=1S/C16H16F3N3O3S/c1-11-6-8-20-14(10-11)22-15(23)7-9-21-26(24,25)13-5-3-2-4-12(13)16(17,18)19/h2-6,8,10,21H,7,9H2,1H3,(H,20,22,23). The quantitative estimate of drug-likeness (QED) is 0.798. The highest BCUT2D eigenvalue weighted by atomic mass is 32.2. The Morgan fingerprint density at radius 3 is 2.54 bits per heavy atom. The van der Waals surface area contributed by atoms with E-state index in [4.69, 9.17) is 0 Å². The van der Waals surface area contributed by atoms with Gasteiger partial charge >= 0.3 is 6.18 Å². The SMILES string of the molecule is Cc1ccnc(NC(=O)CCNS(=O)(=O)c2ccccc2C(F)(F)F)c1. The third kappa shape index (κ3) is 5.27. The monoisotopic (exact) mass is 387 g/mol. The number of benzene rings is 1. The first-order valence-electron chi connectivity index (χ1n) is 7.48. The van der Waals surface area contributed by atoms with Crippen LogP contribution in [0.5, 0.6) is 0 Å². The van der Waals surface area contributed by atoms with E-state index < -0.39 is 32.6 Å². The summed E-state index contributed by atoms with van der Waals surface area (Å²) in [5.74, 6) is -0.213. The van der Waals surface area contributed by atoms with Gasteiger partial charge < -0.3 is 5.32 Å². The number of anilines is 1. The Morgan fingerprint density at radius 2 is 1.88 bits per heavy atom. The molecule has 26 heavy (non-hydrogen) atoms. The molecular formula is C16H16F3N3O3S. The number of nitrogens with one attached hydrogen (secondary N) is 2. The zero-order chi connectivity index (χ0) is 19.4. The molecule has 0 bridgehead atoms. The second-order valence-corrected chi connectivity index (χ2v) is 7.14. The van der Waals surface area contributed by atoms with Gasteiger partial charge in [0.15, 0.2) is 0 Å². The molecule has 6 nitrogen and oxygen atoms in total. The second-order valence-electron chi connectivity index (χ2n) is 5.41. The number of alkyl halides is 3. The van der Waals surface area contributed by atoms with Crippen LogP contribution in [-0.2, 0) is 21.0 Å². The predicted octanol–water partition coefficient (Wildman–Crippen LogP) is 2.72. The number of carbonyl (C=O) groups excluding carboxylic acids is 1. The molecule has 0 aliphatic rings. The summed E-state index contributed by atoms with van der Waals surface area (Å²) in [5.41, 5.74) is -0.388. The number of rotatable bonds is 6. The molecule has 0 atom stereocenters. The zero-order valence-corrected chi connectivity index (χ0v) is 14.5. The first-order valence-corrected chi connectivity index (χ1v) is 8.96. The first kappa shape index (κ1) is 19.9. The van der Waals surface area contributed by atoms with E-state index >= 15 is 0 Å². The van der Waals surface area contributed by atoms with Crippen molar-refractivity contribution in [2.45, 2.75) is 24.4 Å². The number of carbonyl (C=O) groups is 1. The van der Waals surface area contributed by atoms with Crippen LogP contribution >= 0.6 is 0 Å². The predicted molar refractivity (Wildman–Crippen MR) is 88.9 cm³/mol. The van der Waals surface area contributed by atoms with Gasteiger partial charge in [0.1, 0.15) is 5.82 Å². The van der Waals surface area contributed by atoms with Crippen molar-refractivity contribution < 1.29 is 26.4 Å². The van der Waals surface area contributed by atoms with Crippen LogP contribution in [-0.4, -0.2) is 25.9 Å². The molecular weight excluding hydrogens is 371 g/mol. The second kappa shape index (κ2) is 7.83. The lowest BCUT2D eigenvalue weighted by atomic mass is 10.2. The highest BCUT2D eigenvalue weighted by Gasteiger charge is 2.36. The topological polar surface area (TPSA) is 88.2 Å². The molecule has 0 fully saturated rings. The molecule has 140 valence electrons. The maximum atomic E-state index is 12.9. The van der Waals surface area contributed by atoms with E-state index in [2.05, 4.69) is 10.3 Å². The number of aromatic nitrogens is 1. The summed E-state index contributed by atoms with van der Waals surface area (Å²) in [6, 6.07) is 7.21. The van der Waals surface area contributed by atoms with Crippen LogP contribution < -0.4 is 10.0 Å². The molecule has 0 spiro atoms. The third-order valence-corrected chi connectivity index (χ3v) is 4.83. The summed E-state index contributed by atoms with van der Waals surface area (Å²) in [6.45, 7) is 1.45. The number of nitrogens with zero attached hydrogens (tertiary/aromatic N) is 1. The normalized spacial score (nSPS) is 12.0. The van der Waals surface area contributed by atoms with Crippen molar-refractivity contribution in [2.75, 3.05) is 11.9 Å². The fourth-order valence-corrected chi connectivity index (χ4v) is 3.38. The Kier molecular flexibility index (Phi) is 5.98. The van der Waals surface area contributed by atoms with Crippen molar-refractivity contribution in [1.82, 2.24) is 9.71 Å². The van der Waals surface area contributed by atoms with Gasteiger partial charge in [-0.1, -0.05) is 12.1 Å². The Labute approximate surface area is 148 Å². The van der Waals surface area contributed by atoms with Gasteiger partial charge in [0, 0.05) is 19.2 Å². The Hall–Kier alpha value is -2.46. The summed E-state index contributed by atoms with van der Waals surface area (Å²) in [4.78, 5) is 14.9. The van der Waals surface area contributed by atoms with Crippen LogP contribution in [0.25, 0.3) is 0 Å². The van der Waals surface area contributed by atoms with E-state index in [1.54, 1.807) is 12.1 Å². The number of amides is 1. The number of sulfonamides is 1. The van der Waals surface area contributed by atoms with E-state index in [1.807, 2.05) is 11.6 Å². The summed E-state index contributed by atoms with van der Waals surface area (Å²) in [7, 11) is -4.41. The number of hydrogen-bond acceptors (Lipinski definition) is 4. The van der Waals surface area contributed by atoms with E-state index in [0.717, 1.165) is 17.7 Å². The average molecular weight is 387 g/mol. The highest BCUT2D eigenvalue weighted by molar-refractivity contribution is 7.89. The van der Waals surface area contributed by atoms with E-state index in [9.17, 15) is 26.4 Å². The largest absolute Gasteiger partial charge is 0.417 e. The van der Waals surface area contributed by atoms with Crippen molar-refractivity contribution >= 4 is 21.7 Å². The smallest absolute Gasteiger partial charge is 0.311 e. The minimum Gasteiger partial charge on any atom is -0.311 e. The summed E-state index contributed by atoms with van der Waals surface area (Å²) >= 11 is 0. The molecule has 0 saturated heterocycles. The van der Waals surface area contributed by atoms with E-state index in [1.165, 1.54) is 12.3 Å². The van der Waals surface area contributed by atoms with Crippen LogP contribution in [0.2, 0.25) is 0 Å². The average Bonchev–Trinajstić information content (AvgIpc) is 2.54. The van der Waals surface area contributed by atoms with Crippen molar-refractivity contribution in [2.24, 2.45) is 0 Å². The highest BCUT2D eigenvalue weighted by Crippen LogP contribution is 2.33. The van der Waals surface area contributed by atoms with Crippen molar-refractivity contribution in [3.63, 3.8) is 0 Å². The van der Waals surface area contributed by atoms with Gasteiger partial charge in [-0.25, -0.2) is 18.1 Å². The van der Waals surface area contributed by atoms with Gasteiger partial charge in [-0.2, -0.15) is 13.2 Å². The summed E-state index contributed by atoms with van der Waals surface area (Å²) in [6.07, 6.45) is -3.57. The Bertz CT molecular complexity index is 899. The number of halogens is 3. The van der Waals surface area contributed by atoms with Crippen LogP contribution in [0.4, 0.5) is 19.0 Å². The van der Waals surface area contributed by atoms with Gasteiger partial charge in [-0.3, -0.25) is 4.79 Å². The lowest BCUT2D eigenvalue weighted by molar-refractivity contribution is -0.139. The lowest BCUT2D eigenvalue weighted by Crippen LogP contribution is -2.29. The lowest BCUT2D eigenvalue weighted by Gasteiger charge is -2.13. The van der Waals surface area contributed by atoms with Crippen LogP contribution in [0.1, 0.15) is 17.5 Å². The molecule has 1 aromatic heterocycles. The zero-order valence-electron chi connectivity index (χ0n) is 13.7. The van der Waals surface area contributed by atoms with Gasteiger partial charge in [0.05, 0.1) is 10.5 Å². The Balaban J connectivity index is 2.00. The van der Waals surface area contributed by atoms with Gasteiger partial charge in [0.2, 0.25) is 15.9 Å². The van der Waals surface area contributed by atoms with Gasteiger partial charge in [-0.15, -0.1) is 0 Å². The molecule has 1 aromatic carbocycles. The molecule has 10 heteroatoms. The fourth-order valence-electron chi connectivity index (χ4n) is 2.12. The third-order valence-electron chi connectivity index (χ3n) is 3.31. The van der Waals surface area contributed by atoms with Crippen molar-refractivity contribution in [3.05, 3.63) is 53.7 Å². The van der Waals surface area contributed by atoms with Gasteiger partial charge in [-0.05, 0) is 36.8 Å². The van der Waals surface area contributed by atoms with Gasteiger partial charge in [0.25, 0.3) is 0 Å². The van der Waals surface area contributed by atoms with E-state index in [0.29, 0.717) is 11.9 Å². The van der Waals surface area contributed by atoms with Crippen molar-refractivity contribution in [3.8, 4) is 0 Å². The maximum absolute atomic E-state index is 12.9. The van der Waals surface area contributed by atoms with Crippen LogP contribution in [0, 0.1) is 6.92 Å². The molecule has 1 heterocycles. The molecule has 0 radical (unpaired) electrons. The van der Waals surface area contributed by atoms with E-state index in [-0.39, 0.29) is 13.0 Å². The Morgan fingerprint density at radius 1 is 1.19 bits per heavy atom. The fraction of sp³-hybridized carbons (Fsp3) is 0.250. The molecule has 0 aliphatic carbocycles. The first-order chi connectivity index (χ1) is 12.1. The minimum atomic E-state index is -4.81. The van der Waals surface area contributed by atoms with Crippen LogP contribution in [0.3, 0.4) is 0 Å². The molecule has 0 aliphatic heterocycles. The van der Waals surface area contributed by atoms with Crippen LogP contribution in [0.15, 0.2) is 47.5 Å². The molecule has 0 unspecified atom stereocenters. The van der Waals surface area contributed by atoms with Crippen molar-refractivity contribution in [1.29, 1.82) is 0 Å². The molecule has 2 rings (SSSR count). The summed E-state index contributed by atoms with van der Waals surface area (Å²) in [5, 5.41) is 2.48. The molecule has 2 aromatic rings. The molecule has 2 N–H and O–H groups in total. The molecule has 1 amide bonds.